The van der Waals surface area contributed by atoms with E-state index in [1.807, 2.05) is 44.2 Å². The average molecular weight is 507 g/mol. The van der Waals surface area contributed by atoms with Crippen molar-refractivity contribution in [2.75, 3.05) is 6.61 Å². The first kappa shape index (κ1) is 24.6. The van der Waals surface area contributed by atoms with Gasteiger partial charge in [0.25, 0.3) is 5.91 Å². The summed E-state index contributed by atoms with van der Waals surface area (Å²) < 4.78 is 7.20. The number of aliphatic imine (C=N–C) groups is 1. The second kappa shape index (κ2) is 10.4. The van der Waals surface area contributed by atoms with Crippen molar-refractivity contribution in [3.8, 4) is 5.69 Å². The first-order valence-corrected chi connectivity index (χ1v) is 12.1. The molecule has 2 aromatic carbocycles. The van der Waals surface area contributed by atoms with E-state index in [0.717, 1.165) is 34.4 Å². The van der Waals surface area contributed by atoms with Gasteiger partial charge in [0.1, 0.15) is 16.4 Å². The average Bonchev–Trinajstić information content (AvgIpc) is 3.29. The lowest BCUT2D eigenvalue weighted by Gasteiger charge is -2.09. The minimum absolute atomic E-state index is 0.104. The van der Waals surface area contributed by atoms with Crippen molar-refractivity contribution in [1.29, 1.82) is 0 Å². The summed E-state index contributed by atoms with van der Waals surface area (Å²) in [5.41, 5.74) is 4.00. The molecule has 0 saturated carbocycles. The Balaban J connectivity index is 1.75. The smallest absolute Gasteiger partial charge is 0.344 e. The van der Waals surface area contributed by atoms with Crippen LogP contribution in [0.5, 0.6) is 0 Å². The van der Waals surface area contributed by atoms with Gasteiger partial charge in [-0.05, 0) is 74.9 Å². The number of rotatable bonds is 5. The fourth-order valence-corrected chi connectivity index (χ4v) is 4.92. The lowest BCUT2D eigenvalue weighted by molar-refractivity contribution is -0.138. The van der Waals surface area contributed by atoms with Crippen LogP contribution in [-0.4, -0.2) is 33.2 Å². The SMILES string of the molecule is CCOC(=O)C1=C(O)C(=Cc2cc(C)n(-c3ccc(Cl)cc3)c2C)SC1=NC(=O)c1ccccc1. The highest BCUT2D eigenvalue weighted by Crippen LogP contribution is 2.40. The molecule has 0 radical (unpaired) electrons. The van der Waals surface area contributed by atoms with Gasteiger partial charge in [0.15, 0.2) is 0 Å². The van der Waals surface area contributed by atoms with Gasteiger partial charge in [-0.1, -0.05) is 41.6 Å². The highest BCUT2D eigenvalue weighted by molar-refractivity contribution is 8.18. The Morgan fingerprint density at radius 3 is 2.46 bits per heavy atom. The Labute approximate surface area is 212 Å². The van der Waals surface area contributed by atoms with Crippen LogP contribution in [0.2, 0.25) is 5.02 Å². The second-order valence-corrected chi connectivity index (χ2v) is 9.25. The predicted octanol–water partition coefficient (Wildman–Crippen LogP) is 6.45. The Morgan fingerprint density at radius 1 is 1.11 bits per heavy atom. The van der Waals surface area contributed by atoms with Crippen molar-refractivity contribution in [2.45, 2.75) is 20.8 Å². The van der Waals surface area contributed by atoms with Crippen molar-refractivity contribution >= 4 is 46.4 Å². The van der Waals surface area contributed by atoms with Gasteiger partial charge in [-0.15, -0.1) is 0 Å². The number of ether oxygens (including phenoxy) is 1. The van der Waals surface area contributed by atoms with E-state index in [1.54, 1.807) is 43.3 Å². The fourth-order valence-electron chi connectivity index (χ4n) is 3.79. The molecule has 0 bridgehead atoms. The van der Waals surface area contributed by atoms with Crippen molar-refractivity contribution in [2.24, 2.45) is 4.99 Å². The lowest BCUT2D eigenvalue weighted by atomic mass is 10.1. The summed E-state index contributed by atoms with van der Waals surface area (Å²) in [6, 6.07) is 18.0. The summed E-state index contributed by atoms with van der Waals surface area (Å²) in [7, 11) is 0. The minimum Gasteiger partial charge on any atom is -0.506 e. The lowest BCUT2D eigenvalue weighted by Crippen LogP contribution is -2.14. The van der Waals surface area contributed by atoms with Gasteiger partial charge in [-0.3, -0.25) is 4.79 Å². The summed E-state index contributed by atoms with van der Waals surface area (Å²) in [6.07, 6.45) is 1.78. The number of hydrogen-bond donors (Lipinski definition) is 1. The molecule has 1 amide bonds. The zero-order valence-corrected chi connectivity index (χ0v) is 21.0. The number of aromatic nitrogens is 1. The Kier molecular flexibility index (Phi) is 7.28. The molecule has 0 saturated heterocycles. The molecule has 178 valence electrons. The zero-order chi connectivity index (χ0) is 25.1. The molecule has 0 fully saturated rings. The summed E-state index contributed by atoms with van der Waals surface area (Å²) in [6.45, 7) is 5.75. The number of aryl methyl sites for hydroxylation is 1. The molecule has 1 N–H and O–H groups in total. The number of aliphatic hydroxyl groups excluding tert-OH is 1. The van der Waals surface area contributed by atoms with E-state index in [4.69, 9.17) is 16.3 Å². The molecule has 4 rings (SSSR count). The fraction of sp³-hybridized carbons (Fsp3) is 0.148. The normalized spacial score (nSPS) is 15.8. The number of halogens is 1. The van der Waals surface area contributed by atoms with Crippen LogP contribution in [0.3, 0.4) is 0 Å². The van der Waals surface area contributed by atoms with Crippen LogP contribution in [0.4, 0.5) is 0 Å². The maximum Gasteiger partial charge on any atom is 0.344 e. The van der Waals surface area contributed by atoms with Crippen LogP contribution < -0.4 is 0 Å². The molecule has 2 heterocycles. The van der Waals surface area contributed by atoms with Gasteiger partial charge < -0.3 is 14.4 Å². The molecular weight excluding hydrogens is 484 g/mol. The summed E-state index contributed by atoms with van der Waals surface area (Å²) in [5, 5.41) is 11.7. The quantitative estimate of drug-likeness (QED) is 0.402. The first-order chi connectivity index (χ1) is 16.8. The maximum absolute atomic E-state index is 12.7. The molecule has 3 aromatic rings. The second-order valence-electron chi connectivity index (χ2n) is 7.78. The number of nitrogens with zero attached hydrogens (tertiary/aromatic N) is 2. The Bertz CT molecular complexity index is 1390. The molecule has 35 heavy (non-hydrogen) atoms. The van der Waals surface area contributed by atoms with Gasteiger partial charge >= 0.3 is 5.97 Å². The van der Waals surface area contributed by atoms with Crippen molar-refractivity contribution in [3.63, 3.8) is 0 Å². The van der Waals surface area contributed by atoms with Crippen LogP contribution in [0, 0.1) is 13.8 Å². The molecule has 1 aliphatic heterocycles. The Morgan fingerprint density at radius 2 is 1.80 bits per heavy atom. The monoisotopic (exact) mass is 506 g/mol. The number of carbonyl (C=O) groups excluding carboxylic acids is 2. The van der Waals surface area contributed by atoms with E-state index >= 15 is 0 Å². The van der Waals surface area contributed by atoms with Crippen LogP contribution >= 0.6 is 23.4 Å². The number of hydrogen-bond acceptors (Lipinski definition) is 5. The third kappa shape index (κ3) is 5.11. The number of thioether (sulfide) groups is 1. The summed E-state index contributed by atoms with van der Waals surface area (Å²) in [4.78, 5) is 29.9. The Hall–Kier alpha value is -3.55. The van der Waals surface area contributed by atoms with E-state index in [0.29, 0.717) is 15.5 Å². The highest BCUT2D eigenvalue weighted by atomic mass is 35.5. The third-order valence-electron chi connectivity index (χ3n) is 5.44. The standard InChI is InChI=1S/C27H23ClN2O4S/c1-4-34-27(33)23-24(31)22(35-26(23)29-25(32)18-8-6-5-7-9-18)15-19-14-16(2)30(17(19)3)21-12-10-20(28)11-13-21/h5-15,31H,4H2,1-3H3. The molecule has 8 heteroatoms. The number of aliphatic hydroxyl groups is 1. The molecule has 0 spiro atoms. The first-order valence-electron chi connectivity index (χ1n) is 10.9. The van der Waals surface area contributed by atoms with E-state index in [1.165, 1.54) is 0 Å². The van der Waals surface area contributed by atoms with Crippen LogP contribution in [0.15, 0.2) is 81.9 Å². The van der Waals surface area contributed by atoms with Crippen molar-refractivity contribution in [1.82, 2.24) is 4.57 Å². The molecular formula is C27H23ClN2O4S. The molecule has 0 atom stereocenters. The molecule has 1 aromatic heterocycles. The van der Waals surface area contributed by atoms with Gasteiger partial charge in [0, 0.05) is 27.7 Å². The van der Waals surface area contributed by atoms with Gasteiger partial charge in [-0.2, -0.15) is 0 Å². The topological polar surface area (TPSA) is 80.9 Å². The van der Waals surface area contributed by atoms with Crippen molar-refractivity contribution < 1.29 is 19.4 Å². The number of carbonyl (C=O) groups is 2. The van der Waals surface area contributed by atoms with Gasteiger partial charge in [0.05, 0.1) is 11.5 Å². The number of esters is 1. The van der Waals surface area contributed by atoms with Crippen LogP contribution in [-0.2, 0) is 9.53 Å². The zero-order valence-electron chi connectivity index (χ0n) is 19.4. The van der Waals surface area contributed by atoms with Crippen LogP contribution in [0.1, 0.15) is 34.2 Å². The molecule has 0 aliphatic carbocycles. The molecule has 0 unspecified atom stereocenters. The van der Waals surface area contributed by atoms with E-state index in [9.17, 15) is 14.7 Å². The van der Waals surface area contributed by atoms with Gasteiger partial charge in [0.2, 0.25) is 0 Å². The van der Waals surface area contributed by atoms with Gasteiger partial charge in [-0.25, -0.2) is 9.79 Å². The molecule has 1 aliphatic rings. The number of benzene rings is 2. The third-order valence-corrected chi connectivity index (χ3v) is 6.71. The van der Waals surface area contributed by atoms with Crippen molar-refractivity contribution in [3.05, 3.63) is 104 Å². The van der Waals surface area contributed by atoms with Crippen LogP contribution in [0.25, 0.3) is 11.8 Å². The maximum atomic E-state index is 12.7. The van der Waals surface area contributed by atoms with E-state index in [2.05, 4.69) is 9.56 Å². The minimum atomic E-state index is -0.729. The van der Waals surface area contributed by atoms with E-state index in [-0.39, 0.29) is 23.0 Å². The predicted molar refractivity (Wildman–Crippen MR) is 140 cm³/mol. The highest BCUT2D eigenvalue weighted by Gasteiger charge is 2.34. The summed E-state index contributed by atoms with van der Waals surface area (Å²) >= 11 is 7.10. The molecule has 6 nitrogen and oxygen atoms in total. The summed E-state index contributed by atoms with van der Waals surface area (Å²) in [5.74, 6) is -1.50. The number of amides is 1. The van der Waals surface area contributed by atoms with E-state index < -0.39 is 11.9 Å². The largest absolute Gasteiger partial charge is 0.506 e.